The maximum absolute atomic E-state index is 13.2. The highest BCUT2D eigenvalue weighted by Gasteiger charge is 2.29. The van der Waals surface area contributed by atoms with E-state index >= 15 is 0 Å². The zero-order chi connectivity index (χ0) is 13.2. The molecule has 0 aliphatic heterocycles. The standard InChI is InChI=1S/C8H5F3N2O4/c1-17-8(14)5-3(9)2-4(13(15)16)6(12-5)7(10)11/h2,7H,1H3. The van der Waals surface area contributed by atoms with Crippen LogP contribution in [0.4, 0.5) is 18.9 Å². The van der Waals surface area contributed by atoms with Crippen molar-refractivity contribution in [2.75, 3.05) is 7.11 Å². The minimum absolute atomic E-state index is 0.209. The summed E-state index contributed by atoms with van der Waals surface area (Å²) in [4.78, 5) is 23.0. The fourth-order valence-corrected chi connectivity index (χ4v) is 1.04. The molecule has 0 atom stereocenters. The molecule has 1 heterocycles. The van der Waals surface area contributed by atoms with Crippen LogP contribution in [0.2, 0.25) is 0 Å². The molecule has 0 aromatic carbocycles. The van der Waals surface area contributed by atoms with E-state index in [1.54, 1.807) is 0 Å². The van der Waals surface area contributed by atoms with Crippen LogP contribution in [0.3, 0.4) is 0 Å². The molecule has 1 rings (SSSR count). The topological polar surface area (TPSA) is 82.3 Å². The smallest absolute Gasteiger partial charge is 0.359 e. The molecule has 0 radical (unpaired) electrons. The van der Waals surface area contributed by atoms with Gasteiger partial charge in [-0.3, -0.25) is 10.1 Å². The molecule has 0 bridgehead atoms. The summed E-state index contributed by atoms with van der Waals surface area (Å²) in [6.07, 6.45) is -3.31. The number of pyridine rings is 1. The van der Waals surface area contributed by atoms with Crippen molar-refractivity contribution in [3.8, 4) is 0 Å². The largest absolute Gasteiger partial charge is 0.464 e. The lowest BCUT2D eigenvalue weighted by atomic mass is 10.2. The number of hydrogen-bond donors (Lipinski definition) is 0. The number of carbonyl (C=O) groups is 1. The Kier molecular flexibility index (Phi) is 3.61. The summed E-state index contributed by atoms with van der Waals surface area (Å²) < 4.78 is 42.1. The SMILES string of the molecule is COC(=O)c1nc(C(F)F)c([N+](=O)[O-])cc1F. The van der Waals surface area contributed by atoms with E-state index < -0.39 is 40.2 Å². The Bertz CT molecular complexity index is 478. The molecule has 0 amide bonds. The lowest BCUT2D eigenvalue weighted by Gasteiger charge is -2.04. The third-order valence-corrected chi connectivity index (χ3v) is 1.77. The molecule has 0 aliphatic carbocycles. The number of esters is 1. The molecule has 0 N–H and O–H groups in total. The molecule has 6 nitrogen and oxygen atoms in total. The molecular weight excluding hydrogens is 245 g/mol. The molecule has 1 aromatic heterocycles. The third-order valence-electron chi connectivity index (χ3n) is 1.77. The van der Waals surface area contributed by atoms with E-state index in [9.17, 15) is 28.1 Å². The van der Waals surface area contributed by atoms with Crippen molar-refractivity contribution in [1.82, 2.24) is 4.98 Å². The average molecular weight is 250 g/mol. The average Bonchev–Trinajstić information content (AvgIpc) is 2.27. The van der Waals surface area contributed by atoms with Crippen molar-refractivity contribution in [3.05, 3.63) is 33.4 Å². The van der Waals surface area contributed by atoms with Crippen LogP contribution in [0, 0.1) is 15.9 Å². The quantitative estimate of drug-likeness (QED) is 0.464. The minimum Gasteiger partial charge on any atom is -0.464 e. The Labute approximate surface area is 92.2 Å². The van der Waals surface area contributed by atoms with Gasteiger partial charge < -0.3 is 4.74 Å². The lowest BCUT2D eigenvalue weighted by molar-refractivity contribution is -0.386. The molecular formula is C8H5F3N2O4. The number of ether oxygens (including phenoxy) is 1. The summed E-state index contributed by atoms with van der Waals surface area (Å²) in [5, 5.41) is 10.4. The number of halogens is 3. The summed E-state index contributed by atoms with van der Waals surface area (Å²) in [5.74, 6) is -2.69. The van der Waals surface area contributed by atoms with Gasteiger partial charge in [0.15, 0.2) is 17.2 Å². The number of nitro groups is 1. The lowest BCUT2D eigenvalue weighted by Crippen LogP contribution is -2.11. The minimum atomic E-state index is -3.31. The predicted molar refractivity (Wildman–Crippen MR) is 47.1 cm³/mol. The van der Waals surface area contributed by atoms with Gasteiger partial charge in [-0.2, -0.15) is 0 Å². The van der Waals surface area contributed by atoms with Crippen LogP contribution in [-0.4, -0.2) is 23.0 Å². The number of carbonyl (C=O) groups excluding carboxylic acids is 1. The van der Waals surface area contributed by atoms with Crippen LogP contribution < -0.4 is 0 Å². The van der Waals surface area contributed by atoms with Crippen molar-refractivity contribution in [3.63, 3.8) is 0 Å². The number of aromatic nitrogens is 1. The monoisotopic (exact) mass is 250 g/mol. The van der Waals surface area contributed by atoms with Gasteiger partial charge in [0.2, 0.25) is 0 Å². The first-order valence-electron chi connectivity index (χ1n) is 4.09. The number of rotatable bonds is 3. The zero-order valence-electron chi connectivity index (χ0n) is 8.32. The Morgan fingerprint density at radius 2 is 2.18 bits per heavy atom. The van der Waals surface area contributed by atoms with Gasteiger partial charge in [0.1, 0.15) is 0 Å². The van der Waals surface area contributed by atoms with Gasteiger partial charge in [-0.25, -0.2) is 22.9 Å². The number of hydrogen-bond acceptors (Lipinski definition) is 5. The van der Waals surface area contributed by atoms with E-state index in [-0.39, 0.29) is 6.07 Å². The summed E-state index contributed by atoms with van der Waals surface area (Å²) in [6.45, 7) is 0. The van der Waals surface area contributed by atoms with E-state index in [2.05, 4.69) is 9.72 Å². The van der Waals surface area contributed by atoms with Crippen molar-refractivity contribution in [2.24, 2.45) is 0 Å². The molecule has 92 valence electrons. The Hall–Kier alpha value is -2.19. The first-order valence-corrected chi connectivity index (χ1v) is 4.09. The maximum Gasteiger partial charge on any atom is 0.359 e. The van der Waals surface area contributed by atoms with Crippen LogP contribution in [0.25, 0.3) is 0 Å². The number of nitrogens with zero attached hydrogens (tertiary/aromatic N) is 2. The summed E-state index contributed by atoms with van der Waals surface area (Å²) in [7, 11) is 0.896. The van der Waals surface area contributed by atoms with E-state index in [1.165, 1.54) is 0 Å². The van der Waals surface area contributed by atoms with Gasteiger partial charge in [0.25, 0.3) is 12.1 Å². The van der Waals surface area contributed by atoms with E-state index in [0.717, 1.165) is 7.11 Å². The van der Waals surface area contributed by atoms with Crippen LogP contribution >= 0.6 is 0 Å². The molecule has 9 heteroatoms. The fourth-order valence-electron chi connectivity index (χ4n) is 1.04. The number of methoxy groups -OCH3 is 1. The van der Waals surface area contributed by atoms with Crippen LogP contribution in [0.15, 0.2) is 6.07 Å². The molecule has 0 saturated heterocycles. The first-order chi connectivity index (χ1) is 7.88. The number of alkyl halides is 2. The van der Waals surface area contributed by atoms with Gasteiger partial charge in [-0.1, -0.05) is 0 Å². The third kappa shape index (κ3) is 2.49. The van der Waals surface area contributed by atoms with Crippen molar-refractivity contribution < 1.29 is 27.6 Å². The van der Waals surface area contributed by atoms with E-state index in [4.69, 9.17) is 0 Å². The van der Waals surface area contributed by atoms with Gasteiger partial charge in [0, 0.05) is 0 Å². The van der Waals surface area contributed by atoms with Crippen LogP contribution in [0.1, 0.15) is 22.6 Å². The summed E-state index contributed by atoms with van der Waals surface area (Å²) in [6, 6.07) is 0.209. The predicted octanol–water partition coefficient (Wildman–Crippen LogP) is 1.85. The zero-order valence-corrected chi connectivity index (χ0v) is 8.32. The second-order valence-electron chi connectivity index (χ2n) is 2.77. The summed E-state index contributed by atoms with van der Waals surface area (Å²) in [5.41, 5.74) is -3.49. The molecule has 1 aromatic rings. The second-order valence-corrected chi connectivity index (χ2v) is 2.77. The van der Waals surface area contributed by atoms with Gasteiger partial charge in [-0.15, -0.1) is 0 Å². The van der Waals surface area contributed by atoms with Crippen molar-refractivity contribution in [2.45, 2.75) is 6.43 Å². The molecule has 17 heavy (non-hydrogen) atoms. The highest BCUT2D eigenvalue weighted by Crippen LogP contribution is 2.28. The highest BCUT2D eigenvalue weighted by molar-refractivity contribution is 5.87. The van der Waals surface area contributed by atoms with Gasteiger partial charge >= 0.3 is 5.97 Å². The van der Waals surface area contributed by atoms with E-state index in [1.807, 2.05) is 0 Å². The molecule has 0 unspecified atom stereocenters. The maximum atomic E-state index is 13.2. The van der Waals surface area contributed by atoms with Gasteiger partial charge in [-0.05, 0) is 0 Å². The van der Waals surface area contributed by atoms with Crippen LogP contribution in [0.5, 0.6) is 0 Å². The Morgan fingerprint density at radius 1 is 1.59 bits per heavy atom. The Morgan fingerprint density at radius 3 is 2.59 bits per heavy atom. The van der Waals surface area contributed by atoms with Crippen molar-refractivity contribution >= 4 is 11.7 Å². The summed E-state index contributed by atoms with van der Waals surface area (Å²) >= 11 is 0. The molecule has 0 fully saturated rings. The van der Waals surface area contributed by atoms with E-state index in [0.29, 0.717) is 0 Å². The molecule has 0 aliphatic rings. The first kappa shape index (κ1) is 12.9. The van der Waals surface area contributed by atoms with Crippen molar-refractivity contribution in [1.29, 1.82) is 0 Å². The van der Waals surface area contributed by atoms with Crippen LogP contribution in [-0.2, 0) is 4.74 Å². The fraction of sp³-hybridized carbons (Fsp3) is 0.250. The van der Waals surface area contributed by atoms with Gasteiger partial charge in [0.05, 0.1) is 18.1 Å². The second kappa shape index (κ2) is 4.76. The highest BCUT2D eigenvalue weighted by atomic mass is 19.3. The normalized spacial score (nSPS) is 10.4. The molecule has 0 saturated carbocycles. The Balaban J connectivity index is 3.45. The molecule has 0 spiro atoms.